The van der Waals surface area contributed by atoms with E-state index in [1.165, 1.54) is 6.08 Å². The lowest BCUT2D eigenvalue weighted by Crippen LogP contribution is -2.64. The monoisotopic (exact) mass is 459 g/mol. The number of benzene rings is 1. The number of carbonyl (C=O) groups is 3. The number of amides is 2. The lowest BCUT2D eigenvalue weighted by Gasteiger charge is -2.49. The maximum absolute atomic E-state index is 12.9. The van der Waals surface area contributed by atoms with Crippen LogP contribution in [-0.2, 0) is 20.8 Å². The molecular weight excluding hydrogens is 430 g/mol. The zero-order valence-corrected chi connectivity index (χ0v) is 18.9. The highest BCUT2D eigenvalue weighted by atomic mass is 35.5. The second-order valence-corrected chi connectivity index (χ2v) is 9.61. The molecule has 3 fully saturated rings. The standard InChI is InChI=1S/C24H30ClN3O4/c1-2-21(29)16-9-17(10-16)28-8-7-27(13-20(28)24(26)32)23(31)6-5-15-11-18(14-3-4-14)19(25)12-22(15)30/h2,11-12,14,16-17,20,30H,1,3-10,13H2,(H2,26,32). The van der Waals surface area contributed by atoms with E-state index in [0.717, 1.165) is 24.0 Å². The number of hydrogen-bond donors (Lipinski definition) is 2. The molecule has 0 spiro atoms. The predicted octanol–water partition coefficient (Wildman–Crippen LogP) is 2.39. The minimum Gasteiger partial charge on any atom is -0.508 e. The van der Waals surface area contributed by atoms with E-state index in [4.69, 9.17) is 17.3 Å². The van der Waals surface area contributed by atoms with Crippen LogP contribution in [0.5, 0.6) is 5.75 Å². The van der Waals surface area contributed by atoms with Crippen molar-refractivity contribution in [1.29, 1.82) is 0 Å². The van der Waals surface area contributed by atoms with Crippen molar-refractivity contribution in [1.82, 2.24) is 9.80 Å². The van der Waals surface area contributed by atoms with Crippen molar-refractivity contribution in [2.45, 2.75) is 56.5 Å². The molecule has 3 N–H and O–H groups in total. The quantitative estimate of drug-likeness (QED) is 0.581. The van der Waals surface area contributed by atoms with Crippen molar-refractivity contribution < 1.29 is 19.5 Å². The molecule has 1 aromatic carbocycles. The Hall–Kier alpha value is -2.38. The molecule has 1 saturated heterocycles. The fourth-order valence-electron chi connectivity index (χ4n) is 4.91. The second-order valence-electron chi connectivity index (χ2n) is 9.20. The van der Waals surface area contributed by atoms with E-state index < -0.39 is 11.9 Å². The van der Waals surface area contributed by atoms with Crippen LogP contribution in [0.25, 0.3) is 0 Å². The molecule has 2 aliphatic carbocycles. The van der Waals surface area contributed by atoms with E-state index in [9.17, 15) is 19.5 Å². The molecule has 0 aromatic heterocycles. The van der Waals surface area contributed by atoms with Gasteiger partial charge in [0.05, 0.1) is 0 Å². The summed E-state index contributed by atoms with van der Waals surface area (Å²) in [6, 6.07) is 3.07. The first-order valence-electron chi connectivity index (χ1n) is 11.3. The van der Waals surface area contributed by atoms with E-state index in [1.54, 1.807) is 11.0 Å². The average Bonchev–Trinajstić information content (AvgIpc) is 3.56. The van der Waals surface area contributed by atoms with Gasteiger partial charge in [0, 0.05) is 43.0 Å². The highest BCUT2D eigenvalue weighted by Crippen LogP contribution is 2.45. The molecule has 2 saturated carbocycles. The van der Waals surface area contributed by atoms with E-state index in [-0.39, 0.29) is 42.4 Å². The summed E-state index contributed by atoms with van der Waals surface area (Å²) < 4.78 is 0. The SMILES string of the molecule is C=CC(=O)C1CC(N2CCN(C(=O)CCc3cc(C4CC4)c(Cl)cc3O)CC2C(N)=O)C1. The Morgan fingerprint density at radius 2 is 1.94 bits per heavy atom. The average molecular weight is 460 g/mol. The van der Waals surface area contributed by atoms with Crippen LogP contribution in [0.3, 0.4) is 0 Å². The molecule has 172 valence electrons. The number of carbonyl (C=O) groups excluding carboxylic acids is 3. The van der Waals surface area contributed by atoms with Gasteiger partial charge in [0.2, 0.25) is 11.8 Å². The van der Waals surface area contributed by atoms with Crippen molar-refractivity contribution in [2.75, 3.05) is 19.6 Å². The van der Waals surface area contributed by atoms with Crippen molar-refractivity contribution >= 4 is 29.2 Å². The smallest absolute Gasteiger partial charge is 0.236 e. The number of allylic oxidation sites excluding steroid dienone is 1. The molecule has 0 radical (unpaired) electrons. The molecule has 8 heteroatoms. The van der Waals surface area contributed by atoms with Gasteiger partial charge in [0.25, 0.3) is 0 Å². The van der Waals surface area contributed by atoms with Gasteiger partial charge in [0.1, 0.15) is 11.8 Å². The largest absolute Gasteiger partial charge is 0.508 e. The summed E-state index contributed by atoms with van der Waals surface area (Å²) in [5, 5.41) is 10.8. The van der Waals surface area contributed by atoms with Crippen LogP contribution in [0, 0.1) is 5.92 Å². The van der Waals surface area contributed by atoms with Gasteiger partial charge in [-0.1, -0.05) is 24.2 Å². The molecule has 32 heavy (non-hydrogen) atoms. The molecule has 1 aromatic rings. The van der Waals surface area contributed by atoms with Gasteiger partial charge in [-0.3, -0.25) is 19.3 Å². The van der Waals surface area contributed by atoms with E-state index in [0.29, 0.717) is 43.3 Å². The molecule has 1 heterocycles. The lowest BCUT2D eigenvalue weighted by atomic mass is 9.76. The summed E-state index contributed by atoms with van der Waals surface area (Å²) >= 11 is 6.25. The Kier molecular flexibility index (Phi) is 6.58. The summed E-state index contributed by atoms with van der Waals surface area (Å²) in [5.74, 6) is 0.0617. The number of halogens is 1. The molecule has 0 bridgehead atoms. The van der Waals surface area contributed by atoms with Gasteiger partial charge in [-0.2, -0.15) is 0 Å². The zero-order chi connectivity index (χ0) is 23.0. The number of nitrogens with two attached hydrogens (primary N) is 1. The molecule has 7 nitrogen and oxygen atoms in total. The van der Waals surface area contributed by atoms with Crippen molar-refractivity contribution in [2.24, 2.45) is 11.7 Å². The number of hydrogen-bond acceptors (Lipinski definition) is 5. The molecule has 1 unspecified atom stereocenters. The van der Waals surface area contributed by atoms with E-state index >= 15 is 0 Å². The normalized spacial score (nSPS) is 25.8. The summed E-state index contributed by atoms with van der Waals surface area (Å²) in [5.41, 5.74) is 7.43. The number of aryl methyl sites for hydroxylation is 1. The third kappa shape index (κ3) is 4.69. The highest BCUT2D eigenvalue weighted by molar-refractivity contribution is 6.31. The zero-order valence-electron chi connectivity index (χ0n) is 18.1. The predicted molar refractivity (Wildman–Crippen MR) is 121 cm³/mol. The van der Waals surface area contributed by atoms with Gasteiger partial charge in [-0.15, -0.1) is 0 Å². The van der Waals surface area contributed by atoms with Crippen molar-refractivity contribution in [3.63, 3.8) is 0 Å². The molecule has 3 aliphatic rings. The Morgan fingerprint density at radius 3 is 2.56 bits per heavy atom. The van der Waals surface area contributed by atoms with Gasteiger partial charge in [0.15, 0.2) is 5.78 Å². The van der Waals surface area contributed by atoms with Crippen LogP contribution in [0.1, 0.15) is 49.1 Å². The van der Waals surface area contributed by atoms with E-state index in [1.807, 2.05) is 11.0 Å². The maximum atomic E-state index is 12.9. The fourth-order valence-corrected chi connectivity index (χ4v) is 5.22. The molecular formula is C24H30ClN3O4. The summed E-state index contributed by atoms with van der Waals surface area (Å²) in [6.07, 6.45) is 5.61. The molecule has 4 rings (SSSR count). The van der Waals surface area contributed by atoms with Crippen LogP contribution in [0.4, 0.5) is 0 Å². The van der Waals surface area contributed by atoms with Crippen LogP contribution in [-0.4, -0.2) is 64.2 Å². The minimum absolute atomic E-state index is 0.0294. The topological polar surface area (TPSA) is 104 Å². The van der Waals surface area contributed by atoms with Crippen LogP contribution >= 0.6 is 11.6 Å². The summed E-state index contributed by atoms with van der Waals surface area (Å²) in [6.45, 7) is 4.86. The highest BCUT2D eigenvalue weighted by Gasteiger charge is 2.43. The molecule has 1 aliphatic heterocycles. The molecule has 2 amide bonds. The lowest BCUT2D eigenvalue weighted by molar-refractivity contribution is -0.140. The number of primary amides is 1. The number of nitrogens with zero attached hydrogens (tertiary/aromatic N) is 2. The maximum Gasteiger partial charge on any atom is 0.236 e. The Labute approximate surface area is 193 Å². The number of phenols is 1. The first-order chi connectivity index (χ1) is 15.3. The number of ketones is 1. The number of piperazine rings is 1. The first kappa shape index (κ1) is 22.8. The number of phenolic OH excluding ortho intramolecular Hbond substituents is 1. The molecule has 1 atom stereocenters. The van der Waals surface area contributed by atoms with Gasteiger partial charge < -0.3 is 15.7 Å². The Balaban J connectivity index is 1.34. The number of rotatable bonds is 8. The van der Waals surface area contributed by atoms with Gasteiger partial charge >= 0.3 is 0 Å². The first-order valence-corrected chi connectivity index (χ1v) is 11.7. The summed E-state index contributed by atoms with van der Waals surface area (Å²) in [7, 11) is 0. The summed E-state index contributed by atoms with van der Waals surface area (Å²) in [4.78, 5) is 40.5. The third-order valence-electron chi connectivity index (χ3n) is 7.11. The van der Waals surface area contributed by atoms with Crippen molar-refractivity contribution in [3.8, 4) is 5.75 Å². The second kappa shape index (κ2) is 9.24. The number of aromatic hydroxyl groups is 1. The van der Waals surface area contributed by atoms with Crippen LogP contribution in [0.2, 0.25) is 5.02 Å². The third-order valence-corrected chi connectivity index (χ3v) is 7.44. The Morgan fingerprint density at radius 1 is 1.22 bits per heavy atom. The van der Waals surface area contributed by atoms with Gasteiger partial charge in [-0.25, -0.2) is 0 Å². The van der Waals surface area contributed by atoms with Gasteiger partial charge in [-0.05, 0) is 61.3 Å². The van der Waals surface area contributed by atoms with Crippen LogP contribution in [0.15, 0.2) is 24.8 Å². The fraction of sp³-hybridized carbons (Fsp3) is 0.542. The minimum atomic E-state index is -0.553. The van der Waals surface area contributed by atoms with E-state index in [2.05, 4.69) is 6.58 Å². The van der Waals surface area contributed by atoms with Crippen LogP contribution < -0.4 is 5.73 Å². The van der Waals surface area contributed by atoms with Crippen molar-refractivity contribution in [3.05, 3.63) is 40.9 Å². The Bertz CT molecular complexity index is 939.